The smallest absolute Gasteiger partial charge is 0.354 e. The van der Waals surface area contributed by atoms with Crippen LogP contribution in [-0.2, 0) is 9.47 Å². The van der Waals surface area contributed by atoms with Crippen molar-refractivity contribution in [2.75, 3.05) is 137 Å². The van der Waals surface area contributed by atoms with Gasteiger partial charge in [-0.05, 0) is 101 Å². The normalized spacial score (nSPS) is 17.7. The number of para-hydroxylation sites is 2. The molecule has 2 aromatic carbocycles. The number of aromatic carboxylic acids is 2. The van der Waals surface area contributed by atoms with Gasteiger partial charge in [0.25, 0.3) is 0 Å². The van der Waals surface area contributed by atoms with Gasteiger partial charge >= 0.3 is 11.9 Å². The number of carboxylic acids is 2. The molecule has 0 spiro atoms. The molecule has 19 nitrogen and oxygen atoms in total. The number of hydrogen-bond acceptors (Lipinski definition) is 15. The predicted octanol–water partition coefficient (Wildman–Crippen LogP) is 9.74. The fourth-order valence-corrected chi connectivity index (χ4v) is 11.6. The van der Waals surface area contributed by atoms with Crippen LogP contribution in [0.2, 0.25) is 5.02 Å². The van der Waals surface area contributed by atoms with Crippen molar-refractivity contribution in [3.05, 3.63) is 101 Å². The van der Waals surface area contributed by atoms with Crippen LogP contribution < -0.4 is 10.2 Å². The maximum absolute atomic E-state index is 12.0. The van der Waals surface area contributed by atoms with Crippen molar-refractivity contribution in [1.29, 1.82) is 0 Å². The average molecular weight is 1160 g/mol. The number of rotatable bonds is 16. The Morgan fingerprint density at radius 3 is 1.61 bits per heavy atom. The van der Waals surface area contributed by atoms with Crippen molar-refractivity contribution >= 4 is 57.1 Å². The van der Waals surface area contributed by atoms with E-state index in [1.165, 1.54) is 103 Å². The van der Waals surface area contributed by atoms with Crippen LogP contribution in [0.25, 0.3) is 33.4 Å². The third-order valence-corrected chi connectivity index (χ3v) is 17.0. The van der Waals surface area contributed by atoms with Gasteiger partial charge in [0.05, 0.1) is 63.3 Å². The van der Waals surface area contributed by atoms with Crippen LogP contribution in [0.1, 0.15) is 136 Å². The molecular weight excluding hydrogens is 1070 g/mol. The molecule has 3 N–H and O–H groups in total. The van der Waals surface area contributed by atoms with E-state index in [2.05, 4.69) is 65.5 Å². The predicted molar refractivity (Wildman–Crippen MR) is 332 cm³/mol. The van der Waals surface area contributed by atoms with Crippen LogP contribution >= 0.6 is 11.6 Å². The Morgan fingerprint density at radius 1 is 0.614 bits per heavy atom. The Kier molecular flexibility index (Phi) is 24.5. The molecular formula is C63H90ClN13O6. The Bertz CT molecular complexity index is 2980. The van der Waals surface area contributed by atoms with Crippen molar-refractivity contribution < 1.29 is 29.3 Å². The molecule has 20 heteroatoms. The molecule has 6 aliphatic rings. The quantitative estimate of drug-likeness (QED) is 0.0828. The molecule has 0 unspecified atom stereocenters. The fraction of sp³-hybridized carbons (Fsp3) is 0.571. The summed E-state index contributed by atoms with van der Waals surface area (Å²) in [6.45, 7) is 25.4. The molecule has 8 heterocycles. The summed E-state index contributed by atoms with van der Waals surface area (Å²) in [7, 11) is 3.48. The molecule has 0 amide bonds. The molecule has 0 atom stereocenters. The van der Waals surface area contributed by atoms with E-state index in [0.29, 0.717) is 28.2 Å². The van der Waals surface area contributed by atoms with E-state index >= 15 is 0 Å². The molecule has 12 rings (SSSR count). The van der Waals surface area contributed by atoms with Crippen molar-refractivity contribution in [1.82, 2.24) is 54.4 Å². The average Bonchev–Trinajstić information content (AvgIpc) is 4.21. The zero-order valence-electron chi connectivity index (χ0n) is 49.9. The van der Waals surface area contributed by atoms with Crippen molar-refractivity contribution in [2.24, 2.45) is 4.99 Å². The molecule has 0 radical (unpaired) electrons. The van der Waals surface area contributed by atoms with E-state index in [1.807, 2.05) is 65.3 Å². The molecule has 5 fully saturated rings. The highest BCUT2D eigenvalue weighted by Gasteiger charge is 2.32. The van der Waals surface area contributed by atoms with Crippen LogP contribution in [0.4, 0.5) is 5.69 Å². The number of methoxy groups -OCH3 is 2. The highest BCUT2D eigenvalue weighted by molar-refractivity contribution is 6.35. The summed E-state index contributed by atoms with van der Waals surface area (Å²) in [6.07, 6.45) is 13.4. The molecule has 450 valence electrons. The SMILES string of the molecule is C1CCC2=NCCCN2CC1.CCN(CC)CC.COCCN1CCN(c2cc(C(=O)O)nc3c2c(C2CCC2)nn3-c2ccccc2)CC1.COCCN1CCNCC1.O=C(O)c1cc(Cl)c2c(C3CCC3)nn(-c3ccccc3)c2n1. The number of halogens is 1. The molecule has 4 aromatic heterocycles. The Morgan fingerprint density at radius 2 is 1.12 bits per heavy atom. The molecule has 2 saturated carbocycles. The van der Waals surface area contributed by atoms with Crippen molar-refractivity contribution in [3.8, 4) is 11.4 Å². The van der Waals surface area contributed by atoms with E-state index in [4.69, 9.17) is 31.3 Å². The molecule has 83 heavy (non-hydrogen) atoms. The van der Waals surface area contributed by atoms with Gasteiger partial charge in [-0.2, -0.15) is 10.2 Å². The van der Waals surface area contributed by atoms with E-state index < -0.39 is 11.9 Å². The van der Waals surface area contributed by atoms with Crippen LogP contribution in [0.3, 0.4) is 0 Å². The largest absolute Gasteiger partial charge is 0.477 e. The summed E-state index contributed by atoms with van der Waals surface area (Å²) >= 11 is 6.38. The second kappa shape index (κ2) is 32.3. The zero-order valence-corrected chi connectivity index (χ0v) is 50.6. The maximum Gasteiger partial charge on any atom is 0.354 e. The van der Waals surface area contributed by atoms with Gasteiger partial charge in [-0.25, -0.2) is 28.9 Å². The number of anilines is 1. The number of carbonyl (C=O) groups is 2. The number of nitrogens with one attached hydrogen (secondary N) is 1. The van der Waals surface area contributed by atoms with Gasteiger partial charge in [0.2, 0.25) is 0 Å². The van der Waals surface area contributed by atoms with Gasteiger partial charge in [0.1, 0.15) is 0 Å². The molecule has 6 aromatic rings. The second-order valence-electron chi connectivity index (χ2n) is 22.0. The van der Waals surface area contributed by atoms with Gasteiger partial charge in [-0.3, -0.25) is 14.8 Å². The minimum Gasteiger partial charge on any atom is -0.477 e. The lowest BCUT2D eigenvalue weighted by atomic mass is 9.82. The Hall–Kier alpha value is -6.06. The molecule has 4 aliphatic heterocycles. The Balaban J connectivity index is 0.000000152. The number of benzene rings is 2. The molecule has 3 saturated heterocycles. The summed E-state index contributed by atoms with van der Waals surface area (Å²) < 4.78 is 13.7. The van der Waals surface area contributed by atoms with E-state index in [9.17, 15) is 19.8 Å². The van der Waals surface area contributed by atoms with Gasteiger partial charge < -0.3 is 39.7 Å². The van der Waals surface area contributed by atoms with Crippen LogP contribution in [0.15, 0.2) is 77.8 Å². The van der Waals surface area contributed by atoms with Crippen LogP contribution in [0, 0.1) is 0 Å². The lowest BCUT2D eigenvalue weighted by Crippen LogP contribution is -2.47. The highest BCUT2D eigenvalue weighted by Crippen LogP contribution is 2.44. The van der Waals surface area contributed by atoms with E-state index in [-0.39, 0.29) is 11.4 Å². The van der Waals surface area contributed by atoms with E-state index in [0.717, 1.165) is 137 Å². The number of aliphatic imine (C=N–C) groups is 1. The minimum absolute atomic E-state index is 0.0616. The van der Waals surface area contributed by atoms with Gasteiger partial charge in [0, 0.05) is 118 Å². The number of amidine groups is 1. The number of carboxylic acid groups (broad SMARTS) is 2. The first-order valence-corrected chi connectivity index (χ1v) is 30.9. The fourth-order valence-electron chi connectivity index (χ4n) is 11.3. The van der Waals surface area contributed by atoms with Gasteiger partial charge in [-0.1, -0.05) is 88.0 Å². The lowest BCUT2D eigenvalue weighted by molar-refractivity contribution is 0.0680. The molecule has 0 bridgehead atoms. The number of ether oxygens (including phenoxy) is 2. The van der Waals surface area contributed by atoms with Gasteiger partial charge in [-0.15, -0.1) is 0 Å². The standard InChI is InChI=1S/C24H29N5O3.C17H14ClN3O2.C9H16N2.C7H16N2O.C6H15N/c1-32-15-14-27-10-12-28(13-11-27)20-16-19(24(30)31)25-23-21(20)22(17-6-5-7-17)26-29(23)18-8-3-2-4-9-18;18-12-9-13(17(22)23)19-16-14(12)15(10-5-4-6-10)20-21(16)11-7-2-1-3-8-11;1-2-5-9-10-6-4-8-11(9)7-3-1;1-10-7-6-9-4-2-8-3-5-9;1-4-7(5-2)6-3/h2-4,8-9,16-17H,5-7,10-15H2,1H3,(H,30,31);1-3,7-10H,4-6H2,(H,22,23);1-8H2;8H,2-7H2,1H3;4-6H2,1-3H3. The Labute approximate surface area is 496 Å². The van der Waals surface area contributed by atoms with E-state index in [1.54, 1.807) is 25.0 Å². The first-order valence-electron chi connectivity index (χ1n) is 30.5. The third kappa shape index (κ3) is 16.9. The lowest BCUT2D eigenvalue weighted by Gasteiger charge is -2.36. The number of aromatic nitrogens is 6. The summed E-state index contributed by atoms with van der Waals surface area (Å²) in [4.78, 5) is 48.7. The molecule has 2 aliphatic carbocycles. The first kappa shape index (κ1) is 63.0. The summed E-state index contributed by atoms with van der Waals surface area (Å²) in [5.41, 5.74) is 5.79. The van der Waals surface area contributed by atoms with Crippen LogP contribution in [0.5, 0.6) is 0 Å². The summed E-state index contributed by atoms with van der Waals surface area (Å²) in [5, 5.41) is 34.3. The van der Waals surface area contributed by atoms with Crippen molar-refractivity contribution in [3.63, 3.8) is 0 Å². The minimum atomic E-state index is -1.10. The topological polar surface area (TPSA) is 195 Å². The summed E-state index contributed by atoms with van der Waals surface area (Å²) in [6, 6.07) is 22.6. The van der Waals surface area contributed by atoms with Gasteiger partial charge in [0.15, 0.2) is 22.7 Å². The third-order valence-electron chi connectivity index (χ3n) is 16.7. The highest BCUT2D eigenvalue weighted by atomic mass is 35.5. The zero-order chi connectivity index (χ0) is 58.5. The number of pyridine rings is 2. The number of hydrogen-bond donors (Lipinski definition) is 3. The maximum atomic E-state index is 12.0. The van der Waals surface area contributed by atoms with Crippen molar-refractivity contribution in [2.45, 2.75) is 103 Å². The first-order chi connectivity index (χ1) is 40.5. The summed E-state index contributed by atoms with van der Waals surface area (Å²) in [5.74, 6) is 0.0607. The number of nitrogens with zero attached hydrogens (tertiary/aromatic N) is 12. The second-order valence-corrected chi connectivity index (χ2v) is 22.4. The number of fused-ring (bicyclic) bond motifs is 3. The monoisotopic (exact) mass is 1160 g/mol. The number of piperazine rings is 2. The van der Waals surface area contributed by atoms with Crippen LogP contribution in [-0.4, -0.2) is 209 Å².